The molecule has 31 heavy (non-hydrogen) atoms. The molecule has 0 atom stereocenters. The van der Waals surface area contributed by atoms with Crippen molar-refractivity contribution in [1.29, 1.82) is 0 Å². The largest absolute Gasteiger partial charge is 0.496 e. The van der Waals surface area contributed by atoms with Crippen LogP contribution >= 0.6 is 7.60 Å². The number of hydrogen-bond acceptors (Lipinski definition) is 5. The zero-order chi connectivity index (χ0) is 24.3. The van der Waals surface area contributed by atoms with Gasteiger partial charge in [-0.1, -0.05) is 47.6 Å². The van der Waals surface area contributed by atoms with Gasteiger partial charge >= 0.3 is 13.3 Å². The van der Waals surface area contributed by atoms with E-state index >= 15 is 0 Å². The van der Waals surface area contributed by atoms with E-state index in [4.69, 9.17) is 4.74 Å². The minimum atomic E-state index is -4.96. The highest BCUT2D eigenvalue weighted by atomic mass is 31.2. The van der Waals surface area contributed by atoms with Gasteiger partial charge in [0.05, 0.1) is 20.3 Å². The van der Waals surface area contributed by atoms with Crippen molar-refractivity contribution in [3.8, 4) is 5.75 Å². The van der Waals surface area contributed by atoms with Gasteiger partial charge in [-0.3, -0.25) is 9.36 Å². The van der Waals surface area contributed by atoms with Crippen LogP contribution in [0.5, 0.6) is 5.75 Å². The molecular weight excluding hydrogens is 425 g/mol. The summed E-state index contributed by atoms with van der Waals surface area (Å²) in [6.07, 6.45) is 1.98. The van der Waals surface area contributed by atoms with E-state index in [1.54, 1.807) is 6.07 Å². The van der Waals surface area contributed by atoms with Crippen LogP contribution in [0.25, 0.3) is 6.08 Å². The fourth-order valence-corrected chi connectivity index (χ4v) is 4.36. The molecule has 0 aliphatic rings. The Morgan fingerprint density at radius 3 is 1.90 bits per heavy atom. The summed E-state index contributed by atoms with van der Waals surface area (Å²) in [4.78, 5) is 12.4. The second kappa shape index (κ2) is 9.93. The molecule has 176 valence electrons. The number of allylic oxidation sites excluding steroid dienone is 1. The summed E-state index contributed by atoms with van der Waals surface area (Å²) in [6, 6.07) is 3.84. The third-order valence-electron chi connectivity index (χ3n) is 4.65. The predicted molar refractivity (Wildman–Crippen MR) is 120 cm³/mol. The number of carbonyl (C=O) groups excluding carboxylic acids is 1. The molecule has 0 spiro atoms. The average Bonchev–Trinajstić information content (AvgIpc) is 2.63. The Balaban J connectivity index is 3.56. The lowest BCUT2D eigenvalue weighted by molar-refractivity contribution is -0.130. The lowest BCUT2D eigenvalue weighted by atomic mass is 9.79. The summed E-state index contributed by atoms with van der Waals surface area (Å²) in [5.74, 6) is -1.16. The molecule has 0 aliphatic heterocycles. The number of alkyl halides is 2. The van der Waals surface area contributed by atoms with Crippen molar-refractivity contribution in [2.45, 2.75) is 71.9 Å². The maximum Gasteiger partial charge on any atom is 0.408 e. The second-order valence-corrected chi connectivity index (χ2v) is 11.3. The van der Waals surface area contributed by atoms with E-state index in [0.717, 1.165) is 11.1 Å². The van der Waals surface area contributed by atoms with Gasteiger partial charge < -0.3 is 13.8 Å². The minimum Gasteiger partial charge on any atom is -0.496 e. The molecule has 1 rings (SSSR count). The highest BCUT2D eigenvalue weighted by molar-refractivity contribution is 7.56. The molecule has 0 saturated carbocycles. The highest BCUT2D eigenvalue weighted by Crippen LogP contribution is 2.62. The minimum absolute atomic E-state index is 0.220. The summed E-state index contributed by atoms with van der Waals surface area (Å²) in [5, 5.41) is 0. The molecule has 0 aliphatic carbocycles. The first-order valence-electron chi connectivity index (χ1n) is 10.3. The Labute approximate surface area is 184 Å². The quantitative estimate of drug-likeness (QED) is 0.302. The van der Waals surface area contributed by atoms with E-state index in [2.05, 4.69) is 9.05 Å². The summed E-state index contributed by atoms with van der Waals surface area (Å²) in [5.41, 5.74) is -2.49. The lowest BCUT2D eigenvalue weighted by Crippen LogP contribution is -2.29. The number of benzene rings is 1. The van der Waals surface area contributed by atoms with E-state index in [0.29, 0.717) is 17.4 Å². The summed E-state index contributed by atoms with van der Waals surface area (Å²) in [7, 11) is -3.46. The van der Waals surface area contributed by atoms with Gasteiger partial charge in [0.25, 0.3) is 0 Å². The number of hydrogen-bond donors (Lipinski definition) is 0. The zero-order valence-corrected chi connectivity index (χ0v) is 20.9. The van der Waals surface area contributed by atoms with Crippen molar-refractivity contribution in [1.82, 2.24) is 0 Å². The Kier molecular flexibility index (Phi) is 8.80. The first-order valence-corrected chi connectivity index (χ1v) is 11.8. The molecule has 1 aromatic carbocycles. The number of ether oxygens (including phenoxy) is 1. The summed E-state index contributed by atoms with van der Waals surface area (Å²) in [6.45, 7) is 14.4. The average molecular weight is 460 g/mol. The molecule has 1 aromatic rings. The second-order valence-electron chi connectivity index (χ2n) is 9.22. The first kappa shape index (κ1) is 27.5. The van der Waals surface area contributed by atoms with Gasteiger partial charge in [0.2, 0.25) is 5.78 Å². The van der Waals surface area contributed by atoms with Gasteiger partial charge in [-0.15, -0.1) is 0 Å². The third kappa shape index (κ3) is 6.24. The topological polar surface area (TPSA) is 61.8 Å². The molecule has 0 radical (unpaired) electrons. The van der Waals surface area contributed by atoms with E-state index < -0.39 is 19.0 Å². The van der Waals surface area contributed by atoms with Crippen LogP contribution in [0.2, 0.25) is 0 Å². The standard InChI is InChI=1S/C23H35F2O5P/c1-10-29-31(27,30-11-2)23(24,25)19(26)13-12-16-14-17(21(3,4)5)15-18(20(16)28-9)22(6,7)8/h12-15H,10-11H2,1-9H3. The smallest absolute Gasteiger partial charge is 0.408 e. The van der Waals surface area contributed by atoms with E-state index in [9.17, 15) is 18.1 Å². The fourth-order valence-electron chi connectivity index (χ4n) is 2.93. The Hall–Kier alpha value is -1.56. The molecule has 0 N–H and O–H groups in total. The number of carbonyl (C=O) groups is 1. The predicted octanol–water partition coefficient (Wildman–Crippen LogP) is 6.73. The van der Waals surface area contributed by atoms with Crippen molar-refractivity contribution in [2.75, 3.05) is 20.3 Å². The van der Waals surface area contributed by atoms with Crippen LogP contribution in [0, 0.1) is 0 Å². The van der Waals surface area contributed by atoms with Crippen LogP contribution < -0.4 is 4.74 Å². The molecule has 0 unspecified atom stereocenters. The van der Waals surface area contributed by atoms with Crippen molar-refractivity contribution in [2.24, 2.45) is 0 Å². The van der Waals surface area contributed by atoms with Crippen LogP contribution in [0.15, 0.2) is 18.2 Å². The van der Waals surface area contributed by atoms with E-state index in [1.807, 2.05) is 47.6 Å². The molecule has 0 saturated heterocycles. The van der Waals surface area contributed by atoms with Crippen LogP contribution in [0.1, 0.15) is 72.1 Å². The number of rotatable bonds is 9. The van der Waals surface area contributed by atoms with Crippen LogP contribution in [-0.2, 0) is 29.2 Å². The lowest BCUT2D eigenvalue weighted by Gasteiger charge is -2.28. The molecule has 0 bridgehead atoms. The Morgan fingerprint density at radius 2 is 1.52 bits per heavy atom. The van der Waals surface area contributed by atoms with Crippen LogP contribution in [0.3, 0.4) is 0 Å². The van der Waals surface area contributed by atoms with Crippen molar-refractivity contribution in [3.05, 3.63) is 34.9 Å². The van der Waals surface area contributed by atoms with Gasteiger partial charge in [-0.2, -0.15) is 8.78 Å². The Bertz CT molecular complexity index is 854. The molecule has 0 fully saturated rings. The van der Waals surface area contributed by atoms with Gasteiger partial charge in [0.1, 0.15) is 5.75 Å². The number of ketones is 1. The van der Waals surface area contributed by atoms with Gasteiger partial charge in [-0.25, -0.2) is 0 Å². The normalized spacial score (nSPS) is 13.6. The van der Waals surface area contributed by atoms with Crippen LogP contribution in [0.4, 0.5) is 8.78 Å². The third-order valence-corrected chi connectivity index (χ3v) is 6.75. The monoisotopic (exact) mass is 460 g/mol. The van der Waals surface area contributed by atoms with Crippen LogP contribution in [-0.4, -0.2) is 31.8 Å². The summed E-state index contributed by atoms with van der Waals surface area (Å²) < 4.78 is 56.9. The molecule has 0 heterocycles. The van der Waals surface area contributed by atoms with Crippen molar-refractivity contribution < 1.29 is 31.9 Å². The number of halogens is 2. The molecule has 0 amide bonds. The maximum absolute atomic E-state index is 14.7. The molecular formula is C23H35F2O5P. The Morgan fingerprint density at radius 1 is 1.00 bits per heavy atom. The molecule has 8 heteroatoms. The van der Waals surface area contributed by atoms with Gasteiger partial charge in [0, 0.05) is 11.1 Å². The van der Waals surface area contributed by atoms with Crippen molar-refractivity contribution in [3.63, 3.8) is 0 Å². The van der Waals surface area contributed by atoms with E-state index in [1.165, 1.54) is 27.0 Å². The van der Waals surface area contributed by atoms with Gasteiger partial charge in [0.15, 0.2) is 0 Å². The first-order chi connectivity index (χ1) is 14.0. The van der Waals surface area contributed by atoms with Crippen molar-refractivity contribution >= 4 is 19.5 Å². The fraction of sp³-hybridized carbons (Fsp3) is 0.609. The molecule has 0 aromatic heterocycles. The van der Waals surface area contributed by atoms with E-state index in [-0.39, 0.29) is 24.0 Å². The zero-order valence-electron chi connectivity index (χ0n) is 20.0. The van der Waals surface area contributed by atoms with Gasteiger partial charge in [-0.05, 0) is 48.5 Å². The summed E-state index contributed by atoms with van der Waals surface area (Å²) >= 11 is 0. The highest BCUT2D eigenvalue weighted by Gasteiger charge is 2.58. The maximum atomic E-state index is 14.7. The molecule has 5 nitrogen and oxygen atoms in total. The SMILES string of the molecule is CCOP(=O)(OCC)C(F)(F)C(=O)C=Cc1cc(C(C)(C)C)cc(C(C)(C)C)c1OC. The number of methoxy groups -OCH3 is 1.